The molecule has 0 aliphatic carbocycles. The Hall–Kier alpha value is -1.07. The molecular weight excluding hydrogens is 210 g/mol. The Morgan fingerprint density at radius 3 is 2.80 bits per heavy atom. The van der Waals surface area contributed by atoms with Gasteiger partial charge in [0.1, 0.15) is 0 Å². The maximum absolute atomic E-state index is 11.3. The molecule has 0 spiro atoms. The number of carbonyl (C=O) groups excluding carboxylic acids is 1. The molecule has 0 saturated carbocycles. The van der Waals surface area contributed by atoms with E-state index in [2.05, 4.69) is 15.6 Å². The zero-order valence-corrected chi connectivity index (χ0v) is 9.51. The molecule has 4 nitrogen and oxygen atoms in total. The molecule has 82 valence electrons. The van der Waals surface area contributed by atoms with Crippen molar-refractivity contribution in [3.05, 3.63) is 24.5 Å². The van der Waals surface area contributed by atoms with Crippen molar-refractivity contribution in [3.8, 4) is 0 Å². The van der Waals surface area contributed by atoms with Crippen LogP contribution in [0.3, 0.4) is 0 Å². The van der Waals surface area contributed by atoms with E-state index >= 15 is 0 Å². The number of hydrogen-bond acceptors (Lipinski definition) is 4. The summed E-state index contributed by atoms with van der Waals surface area (Å²) in [6, 6.07) is 3.79. The summed E-state index contributed by atoms with van der Waals surface area (Å²) in [6.07, 6.45) is 3.45. The monoisotopic (exact) mass is 225 g/mol. The molecule has 0 atom stereocenters. The maximum atomic E-state index is 11.3. The predicted octanol–water partition coefficient (Wildman–Crippen LogP) is 0.509. The van der Waals surface area contributed by atoms with Crippen molar-refractivity contribution < 1.29 is 4.79 Å². The van der Waals surface area contributed by atoms with E-state index in [0.717, 1.165) is 11.4 Å². The largest absolute Gasteiger partial charge is 0.354 e. The number of amides is 1. The van der Waals surface area contributed by atoms with Crippen LogP contribution in [0.15, 0.2) is 29.4 Å². The summed E-state index contributed by atoms with van der Waals surface area (Å²) in [5.41, 5.74) is 0. The van der Waals surface area contributed by atoms with Gasteiger partial charge in [0.15, 0.2) is 0 Å². The van der Waals surface area contributed by atoms with Crippen LogP contribution >= 0.6 is 11.8 Å². The Kier molecular flexibility index (Phi) is 5.80. The van der Waals surface area contributed by atoms with Crippen LogP contribution in [0.5, 0.6) is 0 Å². The van der Waals surface area contributed by atoms with Gasteiger partial charge in [0.25, 0.3) is 0 Å². The third kappa shape index (κ3) is 5.39. The second-order valence-electron chi connectivity index (χ2n) is 2.93. The van der Waals surface area contributed by atoms with Crippen LogP contribution in [0, 0.1) is 0 Å². The van der Waals surface area contributed by atoms with Crippen LogP contribution in [0.2, 0.25) is 0 Å². The highest BCUT2D eigenvalue weighted by Crippen LogP contribution is 2.15. The molecule has 0 fully saturated rings. The first-order valence-electron chi connectivity index (χ1n) is 4.77. The van der Waals surface area contributed by atoms with Gasteiger partial charge in [-0.2, -0.15) is 0 Å². The second kappa shape index (κ2) is 7.25. The van der Waals surface area contributed by atoms with Gasteiger partial charge < -0.3 is 10.6 Å². The lowest BCUT2D eigenvalue weighted by Crippen LogP contribution is -2.31. The smallest absolute Gasteiger partial charge is 0.230 e. The van der Waals surface area contributed by atoms with Gasteiger partial charge in [-0.25, -0.2) is 0 Å². The van der Waals surface area contributed by atoms with Crippen molar-refractivity contribution in [1.29, 1.82) is 0 Å². The van der Waals surface area contributed by atoms with Crippen LogP contribution in [-0.2, 0) is 4.79 Å². The third-order valence-corrected chi connectivity index (χ3v) is 2.73. The summed E-state index contributed by atoms with van der Waals surface area (Å²) in [6.45, 7) is 1.47. The minimum absolute atomic E-state index is 0.0621. The Balaban J connectivity index is 2.17. The lowest BCUT2D eigenvalue weighted by Gasteiger charge is -2.04. The molecule has 0 aliphatic rings. The van der Waals surface area contributed by atoms with E-state index in [0.29, 0.717) is 12.3 Å². The maximum Gasteiger partial charge on any atom is 0.230 e. The lowest BCUT2D eigenvalue weighted by atomic mass is 10.5. The Labute approximate surface area is 93.9 Å². The van der Waals surface area contributed by atoms with Gasteiger partial charge in [0, 0.05) is 30.4 Å². The standard InChI is InChI=1S/C10H15N3OS/c1-11-6-7-13-10(14)8-15-9-2-4-12-5-3-9/h2-5,11H,6-8H2,1H3,(H,13,14). The molecule has 5 heteroatoms. The van der Waals surface area contributed by atoms with Crippen LogP contribution in [0.4, 0.5) is 0 Å². The molecule has 1 aromatic rings. The van der Waals surface area contributed by atoms with Crippen molar-refractivity contribution in [1.82, 2.24) is 15.6 Å². The average Bonchev–Trinajstić information content (AvgIpc) is 2.28. The lowest BCUT2D eigenvalue weighted by molar-refractivity contribution is -0.118. The first-order chi connectivity index (χ1) is 7.33. The molecule has 15 heavy (non-hydrogen) atoms. The number of hydrogen-bond donors (Lipinski definition) is 2. The predicted molar refractivity (Wildman–Crippen MR) is 61.9 cm³/mol. The number of nitrogens with zero attached hydrogens (tertiary/aromatic N) is 1. The molecule has 1 aromatic heterocycles. The molecule has 2 N–H and O–H groups in total. The topological polar surface area (TPSA) is 54.0 Å². The van der Waals surface area contributed by atoms with Crippen molar-refractivity contribution >= 4 is 17.7 Å². The number of nitrogens with one attached hydrogen (secondary N) is 2. The van der Waals surface area contributed by atoms with Gasteiger partial charge >= 0.3 is 0 Å². The molecule has 0 radical (unpaired) electrons. The number of carbonyl (C=O) groups is 1. The fourth-order valence-corrected chi connectivity index (χ4v) is 1.68. The van der Waals surface area contributed by atoms with Gasteiger partial charge in [0.2, 0.25) is 5.91 Å². The number of pyridine rings is 1. The Bertz CT molecular complexity index is 292. The molecule has 1 heterocycles. The summed E-state index contributed by atoms with van der Waals surface area (Å²) in [4.78, 5) is 16.3. The highest BCUT2D eigenvalue weighted by Gasteiger charge is 2.00. The van der Waals surface area contributed by atoms with Crippen molar-refractivity contribution in [2.24, 2.45) is 0 Å². The number of likely N-dealkylation sites (N-methyl/N-ethyl adjacent to an activating group) is 1. The minimum atomic E-state index is 0.0621. The summed E-state index contributed by atoms with van der Waals surface area (Å²) < 4.78 is 0. The average molecular weight is 225 g/mol. The summed E-state index contributed by atoms with van der Waals surface area (Å²) >= 11 is 1.51. The summed E-state index contributed by atoms with van der Waals surface area (Å²) in [7, 11) is 1.86. The van der Waals surface area contributed by atoms with E-state index in [1.807, 2.05) is 19.2 Å². The van der Waals surface area contributed by atoms with Crippen LogP contribution < -0.4 is 10.6 Å². The quantitative estimate of drug-likeness (QED) is 0.547. The first kappa shape index (κ1) is 12.0. The molecule has 0 bridgehead atoms. The summed E-state index contributed by atoms with van der Waals surface area (Å²) in [5, 5.41) is 5.78. The Morgan fingerprint density at radius 1 is 1.40 bits per heavy atom. The van der Waals surface area contributed by atoms with Gasteiger partial charge in [-0.1, -0.05) is 0 Å². The van der Waals surface area contributed by atoms with Crippen LogP contribution in [0.25, 0.3) is 0 Å². The first-order valence-corrected chi connectivity index (χ1v) is 5.75. The van der Waals surface area contributed by atoms with E-state index in [4.69, 9.17) is 0 Å². The zero-order valence-electron chi connectivity index (χ0n) is 8.69. The number of rotatable bonds is 6. The van der Waals surface area contributed by atoms with Crippen molar-refractivity contribution in [2.75, 3.05) is 25.9 Å². The van der Waals surface area contributed by atoms with E-state index in [9.17, 15) is 4.79 Å². The van der Waals surface area contributed by atoms with Gasteiger partial charge in [0.05, 0.1) is 5.75 Å². The number of aromatic nitrogens is 1. The van der Waals surface area contributed by atoms with Gasteiger partial charge in [-0.05, 0) is 19.2 Å². The highest BCUT2D eigenvalue weighted by molar-refractivity contribution is 8.00. The molecule has 0 aliphatic heterocycles. The zero-order chi connectivity index (χ0) is 10.9. The van der Waals surface area contributed by atoms with E-state index in [1.165, 1.54) is 11.8 Å². The SMILES string of the molecule is CNCCNC(=O)CSc1ccncc1. The second-order valence-corrected chi connectivity index (χ2v) is 3.97. The number of thioether (sulfide) groups is 1. The molecule has 1 amide bonds. The Morgan fingerprint density at radius 2 is 2.13 bits per heavy atom. The van der Waals surface area contributed by atoms with E-state index in [1.54, 1.807) is 12.4 Å². The van der Waals surface area contributed by atoms with Gasteiger partial charge in [-0.15, -0.1) is 11.8 Å². The summed E-state index contributed by atoms with van der Waals surface area (Å²) in [5.74, 6) is 0.514. The minimum Gasteiger partial charge on any atom is -0.354 e. The fraction of sp³-hybridized carbons (Fsp3) is 0.400. The highest BCUT2D eigenvalue weighted by atomic mass is 32.2. The van der Waals surface area contributed by atoms with Gasteiger partial charge in [-0.3, -0.25) is 9.78 Å². The molecule has 1 rings (SSSR count). The molecular formula is C10H15N3OS. The van der Waals surface area contributed by atoms with Crippen LogP contribution in [-0.4, -0.2) is 36.8 Å². The molecule has 0 unspecified atom stereocenters. The van der Waals surface area contributed by atoms with E-state index in [-0.39, 0.29) is 5.91 Å². The van der Waals surface area contributed by atoms with E-state index < -0.39 is 0 Å². The van der Waals surface area contributed by atoms with Crippen molar-refractivity contribution in [3.63, 3.8) is 0 Å². The van der Waals surface area contributed by atoms with Crippen molar-refractivity contribution in [2.45, 2.75) is 4.90 Å². The normalized spacial score (nSPS) is 9.93. The van der Waals surface area contributed by atoms with Crippen LogP contribution in [0.1, 0.15) is 0 Å². The fourth-order valence-electron chi connectivity index (χ4n) is 0.961. The third-order valence-electron chi connectivity index (χ3n) is 1.72. The molecule has 0 aromatic carbocycles. The molecule has 0 saturated heterocycles.